The van der Waals surface area contributed by atoms with Gasteiger partial charge >= 0.3 is 12.1 Å². The van der Waals surface area contributed by atoms with Crippen LogP contribution in [0.4, 0.5) is 17.6 Å². The molecule has 0 aliphatic heterocycles. The number of rotatable bonds is 4. The van der Waals surface area contributed by atoms with Crippen molar-refractivity contribution in [3.63, 3.8) is 0 Å². The molecule has 122 valence electrons. The smallest absolute Gasteiger partial charge is 0.412 e. The summed E-state index contributed by atoms with van der Waals surface area (Å²) in [6.07, 6.45) is -0.815. The first-order valence-electron chi connectivity index (χ1n) is 6.04. The Kier molecular flexibility index (Phi) is 5.90. The number of carbonyl (C=O) groups excluding carboxylic acids is 1. The van der Waals surface area contributed by atoms with Gasteiger partial charge in [-0.15, -0.1) is 6.42 Å². The van der Waals surface area contributed by atoms with E-state index in [1.807, 2.05) is 0 Å². The molecule has 0 N–H and O–H groups in total. The van der Waals surface area contributed by atoms with Gasteiger partial charge in [-0.05, 0) is 43.2 Å². The molecule has 0 bridgehead atoms. The standard InChI is InChI=1S/C14H12Br2F4O2/c1-4-9(8(17)6-14(18,19)20)22-12(21)11-7(5-10(15)16)13(11,2)3/h1,5-7,9,11H,2-3H3. The van der Waals surface area contributed by atoms with Gasteiger partial charge in [0.05, 0.1) is 15.4 Å². The number of hydrogen-bond acceptors (Lipinski definition) is 2. The van der Waals surface area contributed by atoms with Crippen molar-refractivity contribution in [3.05, 3.63) is 21.4 Å². The molecule has 1 aliphatic rings. The van der Waals surface area contributed by atoms with Crippen LogP contribution in [-0.4, -0.2) is 18.2 Å². The third-order valence-electron chi connectivity index (χ3n) is 3.41. The summed E-state index contributed by atoms with van der Waals surface area (Å²) in [6.45, 7) is 3.58. The van der Waals surface area contributed by atoms with Crippen molar-refractivity contribution in [1.82, 2.24) is 0 Å². The molecular weight excluding hydrogens is 436 g/mol. The maximum Gasteiger partial charge on any atom is 0.412 e. The predicted molar refractivity (Wildman–Crippen MR) is 80.7 cm³/mol. The third-order valence-corrected chi connectivity index (χ3v) is 3.94. The Morgan fingerprint density at radius 3 is 2.36 bits per heavy atom. The number of terminal acetylenes is 1. The van der Waals surface area contributed by atoms with Gasteiger partial charge in [0.1, 0.15) is 0 Å². The number of allylic oxidation sites excluding steroid dienone is 2. The molecule has 2 nitrogen and oxygen atoms in total. The second-order valence-corrected chi connectivity index (χ2v) is 8.11. The second kappa shape index (κ2) is 6.75. The van der Waals surface area contributed by atoms with Gasteiger partial charge in [-0.1, -0.05) is 25.8 Å². The number of carbonyl (C=O) groups is 1. The third kappa shape index (κ3) is 4.85. The molecule has 8 heteroatoms. The molecule has 0 saturated heterocycles. The molecule has 0 amide bonds. The molecule has 0 aromatic carbocycles. The Bertz CT molecular complexity index is 554. The zero-order valence-electron chi connectivity index (χ0n) is 11.5. The molecule has 3 atom stereocenters. The molecule has 1 fully saturated rings. The van der Waals surface area contributed by atoms with Crippen LogP contribution in [0.1, 0.15) is 13.8 Å². The van der Waals surface area contributed by atoms with E-state index in [0.717, 1.165) is 0 Å². The van der Waals surface area contributed by atoms with Crippen molar-refractivity contribution in [2.24, 2.45) is 17.3 Å². The molecule has 1 saturated carbocycles. The molecule has 22 heavy (non-hydrogen) atoms. The van der Waals surface area contributed by atoms with Crippen LogP contribution in [0.25, 0.3) is 0 Å². The first kappa shape index (κ1) is 19.2. The van der Waals surface area contributed by atoms with Crippen LogP contribution >= 0.6 is 31.9 Å². The molecule has 0 radical (unpaired) electrons. The average molecular weight is 448 g/mol. The molecule has 1 aliphatic carbocycles. The monoisotopic (exact) mass is 446 g/mol. The topological polar surface area (TPSA) is 26.3 Å². The van der Waals surface area contributed by atoms with Gasteiger partial charge in [-0.2, -0.15) is 13.2 Å². The van der Waals surface area contributed by atoms with E-state index >= 15 is 0 Å². The lowest BCUT2D eigenvalue weighted by atomic mass is 10.1. The number of hydrogen-bond donors (Lipinski definition) is 0. The summed E-state index contributed by atoms with van der Waals surface area (Å²) in [4.78, 5) is 12.0. The zero-order chi connectivity index (χ0) is 17.3. The van der Waals surface area contributed by atoms with E-state index in [2.05, 4.69) is 31.9 Å². The van der Waals surface area contributed by atoms with Crippen LogP contribution in [0.5, 0.6) is 0 Å². The fourth-order valence-corrected chi connectivity index (χ4v) is 2.74. The number of alkyl halides is 3. The largest absolute Gasteiger partial charge is 0.441 e. The minimum atomic E-state index is -4.88. The first-order valence-corrected chi connectivity index (χ1v) is 7.63. The van der Waals surface area contributed by atoms with Gasteiger partial charge in [-0.3, -0.25) is 4.79 Å². The average Bonchev–Trinajstić information content (AvgIpc) is 2.84. The summed E-state index contributed by atoms with van der Waals surface area (Å²) >= 11 is 6.33. The predicted octanol–water partition coefficient (Wildman–Crippen LogP) is 4.85. The van der Waals surface area contributed by atoms with Gasteiger partial charge in [-0.25, -0.2) is 4.39 Å². The van der Waals surface area contributed by atoms with E-state index in [-0.39, 0.29) is 5.92 Å². The van der Waals surface area contributed by atoms with Gasteiger partial charge in [0.15, 0.2) is 5.83 Å². The minimum absolute atomic E-state index is 0.193. The van der Waals surface area contributed by atoms with Crippen molar-refractivity contribution < 1.29 is 27.1 Å². The summed E-state index contributed by atoms with van der Waals surface area (Å²) in [6, 6.07) is 0. The van der Waals surface area contributed by atoms with Crippen LogP contribution in [0, 0.1) is 29.6 Å². The van der Waals surface area contributed by atoms with Crippen LogP contribution in [0.2, 0.25) is 0 Å². The Morgan fingerprint density at radius 2 is 1.95 bits per heavy atom. The van der Waals surface area contributed by atoms with E-state index in [1.165, 1.54) is 0 Å². The van der Waals surface area contributed by atoms with Crippen molar-refractivity contribution in [2.45, 2.75) is 26.1 Å². The minimum Gasteiger partial charge on any atom is -0.441 e. The molecular formula is C14H12Br2F4O2. The molecule has 0 aromatic rings. The van der Waals surface area contributed by atoms with E-state index < -0.39 is 41.5 Å². The highest BCUT2D eigenvalue weighted by molar-refractivity contribution is 9.28. The van der Waals surface area contributed by atoms with Crippen molar-refractivity contribution in [3.8, 4) is 12.3 Å². The summed E-state index contributed by atoms with van der Waals surface area (Å²) in [5.74, 6) is -1.66. The summed E-state index contributed by atoms with van der Waals surface area (Å²) < 4.78 is 55.0. The highest BCUT2D eigenvalue weighted by Crippen LogP contribution is 2.60. The Morgan fingerprint density at radius 1 is 1.41 bits per heavy atom. The van der Waals surface area contributed by atoms with Gasteiger partial charge < -0.3 is 4.74 Å². The van der Waals surface area contributed by atoms with Crippen molar-refractivity contribution in [2.75, 3.05) is 0 Å². The van der Waals surface area contributed by atoms with E-state index in [4.69, 9.17) is 11.2 Å². The molecule has 0 aromatic heterocycles. The van der Waals surface area contributed by atoms with E-state index in [0.29, 0.717) is 3.39 Å². The SMILES string of the molecule is C#CC(OC(=O)C1C(C=C(Br)Br)C1(C)C)C(F)=CC(F)(F)F. The maximum atomic E-state index is 13.4. The number of ether oxygens (including phenoxy) is 1. The van der Waals surface area contributed by atoms with E-state index in [9.17, 15) is 22.4 Å². The lowest BCUT2D eigenvalue weighted by Gasteiger charge is -2.12. The summed E-state index contributed by atoms with van der Waals surface area (Å²) in [5, 5.41) is 0. The fraction of sp³-hybridized carbons (Fsp3) is 0.500. The molecule has 3 unspecified atom stereocenters. The highest BCUT2D eigenvalue weighted by Gasteiger charge is 2.61. The first-order chi connectivity index (χ1) is 9.90. The Hall–Kier alpha value is -0.810. The van der Waals surface area contributed by atoms with Gasteiger partial charge in [0.25, 0.3) is 0 Å². The maximum absolute atomic E-state index is 13.4. The highest BCUT2D eigenvalue weighted by atomic mass is 79.9. The second-order valence-electron chi connectivity index (χ2n) is 5.34. The summed E-state index contributed by atoms with van der Waals surface area (Å²) in [5.41, 5.74) is -0.451. The lowest BCUT2D eigenvalue weighted by molar-refractivity contribution is -0.148. The van der Waals surface area contributed by atoms with Crippen LogP contribution in [0.15, 0.2) is 21.4 Å². The van der Waals surface area contributed by atoms with Crippen LogP contribution in [0.3, 0.4) is 0 Å². The fourth-order valence-electron chi connectivity index (χ4n) is 2.17. The molecule has 0 heterocycles. The van der Waals surface area contributed by atoms with Crippen molar-refractivity contribution in [1.29, 1.82) is 0 Å². The quantitative estimate of drug-likeness (QED) is 0.350. The summed E-state index contributed by atoms with van der Waals surface area (Å²) in [7, 11) is 0. The lowest BCUT2D eigenvalue weighted by Crippen LogP contribution is -2.21. The number of halogens is 6. The number of esters is 1. The van der Waals surface area contributed by atoms with Crippen LogP contribution < -0.4 is 0 Å². The van der Waals surface area contributed by atoms with Gasteiger partial charge in [0.2, 0.25) is 6.10 Å². The zero-order valence-corrected chi connectivity index (χ0v) is 14.7. The van der Waals surface area contributed by atoms with Crippen molar-refractivity contribution >= 4 is 37.8 Å². The van der Waals surface area contributed by atoms with E-state index in [1.54, 1.807) is 25.8 Å². The Labute approximate surface area is 142 Å². The molecule has 0 spiro atoms. The Balaban J connectivity index is 2.82. The van der Waals surface area contributed by atoms with Gasteiger partial charge in [0, 0.05) is 0 Å². The normalized spacial score (nSPS) is 25.0. The van der Waals surface area contributed by atoms with Crippen LogP contribution in [-0.2, 0) is 9.53 Å². The molecule has 1 rings (SSSR count).